The van der Waals surface area contributed by atoms with Gasteiger partial charge in [0.1, 0.15) is 5.75 Å². The summed E-state index contributed by atoms with van der Waals surface area (Å²) < 4.78 is 15.4. The summed E-state index contributed by atoms with van der Waals surface area (Å²) in [5.74, 6) is 0.666. The smallest absolute Gasteiger partial charge is 0.322 e. The lowest BCUT2D eigenvalue weighted by Crippen LogP contribution is -2.36. The van der Waals surface area contributed by atoms with E-state index in [-0.39, 0.29) is 24.5 Å². The molecule has 8 nitrogen and oxygen atoms in total. The van der Waals surface area contributed by atoms with Gasteiger partial charge < -0.3 is 19.5 Å². The predicted molar refractivity (Wildman–Crippen MR) is 81.3 cm³/mol. The van der Waals surface area contributed by atoms with E-state index in [1.165, 1.54) is 14.2 Å². The first kappa shape index (κ1) is 16.5. The summed E-state index contributed by atoms with van der Waals surface area (Å²) in [7, 11) is 2.87. The van der Waals surface area contributed by atoms with Crippen LogP contribution in [0, 0.1) is 0 Å². The highest BCUT2D eigenvalue weighted by Gasteiger charge is 2.15. The Morgan fingerprint density at radius 3 is 2.26 bits per heavy atom. The monoisotopic (exact) mass is 318 g/mol. The van der Waals surface area contributed by atoms with Gasteiger partial charge in [0.2, 0.25) is 0 Å². The van der Waals surface area contributed by atoms with Gasteiger partial charge in [0.25, 0.3) is 5.91 Å². The first-order chi connectivity index (χ1) is 11.1. The van der Waals surface area contributed by atoms with E-state index in [0.29, 0.717) is 11.6 Å². The molecule has 0 saturated heterocycles. The minimum atomic E-state index is -0.650. The Kier molecular flexibility index (Phi) is 5.67. The molecule has 122 valence electrons. The number of hydrogen-bond acceptors (Lipinski definition) is 7. The standard InChI is InChI=1S/C15H18N4O4/c1-10(23-11-7-5-4-6-8-11)13(20)16-9-12-17-14(21-2)19-15(18-12)22-3/h4-8,10H,9H2,1-3H3,(H,16,20). The molecule has 23 heavy (non-hydrogen) atoms. The fourth-order valence-electron chi connectivity index (χ4n) is 1.71. The molecule has 1 N–H and O–H groups in total. The summed E-state index contributed by atoms with van der Waals surface area (Å²) in [5, 5.41) is 2.69. The molecule has 1 amide bonds. The maximum Gasteiger partial charge on any atom is 0.322 e. The molecule has 1 heterocycles. The highest BCUT2D eigenvalue weighted by Crippen LogP contribution is 2.11. The van der Waals surface area contributed by atoms with Crippen LogP contribution in [0.4, 0.5) is 0 Å². The number of carbonyl (C=O) groups is 1. The molecule has 2 rings (SSSR count). The van der Waals surface area contributed by atoms with E-state index < -0.39 is 6.10 Å². The molecule has 1 atom stereocenters. The fraction of sp³-hybridized carbons (Fsp3) is 0.333. The van der Waals surface area contributed by atoms with Gasteiger partial charge in [-0.15, -0.1) is 4.98 Å². The highest BCUT2D eigenvalue weighted by atomic mass is 16.5. The van der Waals surface area contributed by atoms with Crippen LogP contribution in [0.1, 0.15) is 12.7 Å². The summed E-state index contributed by atoms with van der Waals surface area (Å²) >= 11 is 0. The van der Waals surface area contributed by atoms with E-state index in [2.05, 4.69) is 20.3 Å². The second-order valence-electron chi connectivity index (χ2n) is 4.52. The van der Waals surface area contributed by atoms with Crippen LogP contribution in [-0.2, 0) is 11.3 Å². The number of nitrogens with one attached hydrogen (secondary N) is 1. The molecule has 1 unspecified atom stereocenters. The van der Waals surface area contributed by atoms with E-state index in [1.807, 2.05) is 18.2 Å². The minimum absolute atomic E-state index is 0.108. The maximum absolute atomic E-state index is 12.1. The van der Waals surface area contributed by atoms with Gasteiger partial charge >= 0.3 is 12.0 Å². The molecule has 1 aromatic heterocycles. The third kappa shape index (κ3) is 4.80. The van der Waals surface area contributed by atoms with Crippen molar-refractivity contribution in [3.05, 3.63) is 36.2 Å². The van der Waals surface area contributed by atoms with Crippen molar-refractivity contribution in [2.45, 2.75) is 19.6 Å². The summed E-state index contributed by atoms with van der Waals surface area (Å²) in [6.45, 7) is 1.77. The van der Waals surface area contributed by atoms with Crippen LogP contribution in [0.25, 0.3) is 0 Å². The molecule has 0 saturated carbocycles. The van der Waals surface area contributed by atoms with Gasteiger partial charge in [0, 0.05) is 0 Å². The van der Waals surface area contributed by atoms with Crippen molar-refractivity contribution in [3.63, 3.8) is 0 Å². The van der Waals surface area contributed by atoms with Crippen LogP contribution < -0.4 is 19.5 Å². The van der Waals surface area contributed by atoms with E-state index in [0.717, 1.165) is 0 Å². The predicted octanol–water partition coefficient (Wildman–Crippen LogP) is 0.972. The molecule has 0 aliphatic rings. The van der Waals surface area contributed by atoms with E-state index in [4.69, 9.17) is 14.2 Å². The first-order valence-corrected chi connectivity index (χ1v) is 6.94. The van der Waals surface area contributed by atoms with Crippen molar-refractivity contribution in [1.29, 1.82) is 0 Å². The van der Waals surface area contributed by atoms with Gasteiger partial charge in [-0.05, 0) is 19.1 Å². The zero-order chi connectivity index (χ0) is 16.7. The molecular formula is C15H18N4O4. The van der Waals surface area contributed by atoms with Gasteiger partial charge in [-0.1, -0.05) is 18.2 Å². The molecule has 0 fully saturated rings. The fourth-order valence-corrected chi connectivity index (χ4v) is 1.71. The van der Waals surface area contributed by atoms with Crippen LogP contribution in [-0.4, -0.2) is 41.2 Å². The lowest BCUT2D eigenvalue weighted by atomic mass is 10.3. The number of aromatic nitrogens is 3. The van der Waals surface area contributed by atoms with Crippen LogP contribution in [0.15, 0.2) is 30.3 Å². The van der Waals surface area contributed by atoms with Crippen LogP contribution in [0.2, 0.25) is 0 Å². The largest absolute Gasteiger partial charge is 0.481 e. The van der Waals surface area contributed by atoms with Crippen LogP contribution in [0.3, 0.4) is 0 Å². The second kappa shape index (κ2) is 7.92. The average Bonchev–Trinajstić information content (AvgIpc) is 2.60. The Hall–Kier alpha value is -2.90. The molecular weight excluding hydrogens is 300 g/mol. The molecule has 0 aliphatic heterocycles. The maximum atomic E-state index is 12.1. The van der Waals surface area contributed by atoms with Crippen molar-refractivity contribution >= 4 is 5.91 Å². The van der Waals surface area contributed by atoms with Crippen LogP contribution >= 0.6 is 0 Å². The summed E-state index contributed by atoms with van der Waals surface area (Å²) in [4.78, 5) is 24.0. The van der Waals surface area contributed by atoms with Crippen molar-refractivity contribution in [1.82, 2.24) is 20.3 Å². The molecule has 0 radical (unpaired) electrons. The highest BCUT2D eigenvalue weighted by molar-refractivity contribution is 5.80. The van der Waals surface area contributed by atoms with E-state index >= 15 is 0 Å². The number of carbonyl (C=O) groups excluding carboxylic acids is 1. The van der Waals surface area contributed by atoms with Crippen molar-refractivity contribution in [3.8, 4) is 17.8 Å². The summed E-state index contributed by atoms with van der Waals surface area (Å²) in [5.41, 5.74) is 0. The average molecular weight is 318 g/mol. The Morgan fingerprint density at radius 1 is 1.09 bits per heavy atom. The number of rotatable bonds is 7. The lowest BCUT2D eigenvalue weighted by Gasteiger charge is -2.14. The number of nitrogens with zero attached hydrogens (tertiary/aromatic N) is 3. The Morgan fingerprint density at radius 2 is 1.70 bits per heavy atom. The van der Waals surface area contributed by atoms with Gasteiger partial charge in [-0.3, -0.25) is 4.79 Å². The molecule has 8 heteroatoms. The SMILES string of the molecule is COc1nc(CNC(=O)C(C)Oc2ccccc2)nc(OC)n1. The van der Waals surface area contributed by atoms with Crippen molar-refractivity contribution < 1.29 is 19.0 Å². The molecule has 0 aliphatic carbocycles. The number of hydrogen-bond donors (Lipinski definition) is 1. The minimum Gasteiger partial charge on any atom is -0.481 e. The Bertz CT molecular complexity index is 629. The van der Waals surface area contributed by atoms with E-state index in [1.54, 1.807) is 19.1 Å². The first-order valence-electron chi connectivity index (χ1n) is 6.94. The molecule has 1 aromatic carbocycles. The van der Waals surface area contributed by atoms with Crippen molar-refractivity contribution in [2.75, 3.05) is 14.2 Å². The second-order valence-corrected chi connectivity index (χ2v) is 4.52. The Balaban J connectivity index is 1.93. The third-order valence-electron chi connectivity index (χ3n) is 2.85. The molecule has 2 aromatic rings. The number of benzene rings is 1. The molecule has 0 bridgehead atoms. The summed E-state index contributed by atoms with van der Waals surface area (Å²) in [6.07, 6.45) is -0.650. The normalized spacial score (nSPS) is 11.4. The topological polar surface area (TPSA) is 95.5 Å². The van der Waals surface area contributed by atoms with Gasteiger partial charge in [-0.25, -0.2) is 0 Å². The number of ether oxygens (including phenoxy) is 3. The van der Waals surface area contributed by atoms with Gasteiger partial charge in [-0.2, -0.15) is 9.97 Å². The lowest BCUT2D eigenvalue weighted by molar-refractivity contribution is -0.127. The number of amides is 1. The Labute approximate surface area is 133 Å². The number of para-hydroxylation sites is 1. The van der Waals surface area contributed by atoms with Gasteiger partial charge in [0.15, 0.2) is 11.9 Å². The van der Waals surface area contributed by atoms with Crippen molar-refractivity contribution in [2.24, 2.45) is 0 Å². The van der Waals surface area contributed by atoms with Gasteiger partial charge in [0.05, 0.1) is 20.8 Å². The molecule has 0 spiro atoms. The quantitative estimate of drug-likeness (QED) is 0.812. The van der Waals surface area contributed by atoms with E-state index in [9.17, 15) is 4.79 Å². The zero-order valence-electron chi connectivity index (χ0n) is 13.1. The summed E-state index contributed by atoms with van der Waals surface area (Å²) in [6, 6.07) is 9.35. The number of methoxy groups -OCH3 is 2. The third-order valence-corrected chi connectivity index (χ3v) is 2.85. The zero-order valence-corrected chi connectivity index (χ0v) is 13.1. The van der Waals surface area contributed by atoms with Crippen LogP contribution in [0.5, 0.6) is 17.8 Å².